The minimum absolute atomic E-state index is 0.145. The van der Waals surface area contributed by atoms with Gasteiger partial charge in [0.25, 0.3) is 5.56 Å². The van der Waals surface area contributed by atoms with Crippen molar-refractivity contribution in [3.05, 3.63) is 74.6 Å². The van der Waals surface area contributed by atoms with Crippen molar-refractivity contribution in [3.63, 3.8) is 0 Å². The van der Waals surface area contributed by atoms with Gasteiger partial charge in [-0.3, -0.25) is 9.36 Å². The maximum Gasteiger partial charge on any atom is 0.259 e. The number of pyridine rings is 1. The summed E-state index contributed by atoms with van der Waals surface area (Å²) in [6, 6.07) is 15.2. The zero-order valence-corrected chi connectivity index (χ0v) is 19.1. The van der Waals surface area contributed by atoms with Gasteiger partial charge in [-0.05, 0) is 35.9 Å². The van der Waals surface area contributed by atoms with E-state index in [9.17, 15) is 10.1 Å². The van der Waals surface area contributed by atoms with Gasteiger partial charge in [-0.1, -0.05) is 35.3 Å². The van der Waals surface area contributed by atoms with Crippen LogP contribution in [0.2, 0.25) is 10.0 Å². The fraction of sp³-hybridized carbons (Fsp3) is 0.167. The van der Waals surface area contributed by atoms with E-state index < -0.39 is 0 Å². The van der Waals surface area contributed by atoms with Crippen LogP contribution in [0.4, 0.5) is 0 Å². The Hall–Kier alpha value is -3.20. The van der Waals surface area contributed by atoms with E-state index in [4.69, 9.17) is 23.2 Å². The summed E-state index contributed by atoms with van der Waals surface area (Å²) < 4.78 is 3.63. The lowest BCUT2D eigenvalue weighted by atomic mass is 10.0. The zero-order chi connectivity index (χ0) is 22.4. The fourth-order valence-electron chi connectivity index (χ4n) is 3.98. The Morgan fingerprint density at radius 2 is 1.74 bits per heavy atom. The minimum Gasteiger partial charge on any atom is -0.382 e. The van der Waals surface area contributed by atoms with Crippen molar-refractivity contribution in [2.24, 2.45) is 14.1 Å². The van der Waals surface area contributed by atoms with Gasteiger partial charge in [-0.15, -0.1) is 0 Å². The monoisotopic (exact) mass is 450 g/mol. The van der Waals surface area contributed by atoms with Crippen molar-refractivity contribution in [1.82, 2.24) is 14.0 Å². The Kier molecular flexibility index (Phi) is 5.30. The van der Waals surface area contributed by atoms with Crippen molar-refractivity contribution in [3.8, 4) is 17.2 Å². The summed E-state index contributed by atoms with van der Waals surface area (Å²) in [7, 11) is 7.45. The van der Waals surface area contributed by atoms with Crippen LogP contribution < -0.4 is 5.56 Å². The largest absolute Gasteiger partial charge is 0.382 e. The topological polar surface area (TPSA) is 54.0 Å². The van der Waals surface area contributed by atoms with Crippen molar-refractivity contribution >= 4 is 50.7 Å². The first-order chi connectivity index (χ1) is 14.7. The molecule has 0 atom stereocenters. The Bertz CT molecular complexity index is 1490. The van der Waals surface area contributed by atoms with Crippen LogP contribution in [0.25, 0.3) is 38.6 Å². The van der Waals surface area contributed by atoms with Gasteiger partial charge in [0, 0.05) is 61.3 Å². The number of nitrogens with zero attached hydrogens (tertiary/aromatic N) is 4. The number of hydrogen-bond acceptors (Lipinski definition) is 3. The van der Waals surface area contributed by atoms with E-state index in [0.29, 0.717) is 26.7 Å². The van der Waals surface area contributed by atoms with Crippen LogP contribution in [0.3, 0.4) is 0 Å². The molecule has 0 bridgehead atoms. The molecule has 2 heterocycles. The normalized spacial score (nSPS) is 11.8. The van der Waals surface area contributed by atoms with Gasteiger partial charge in [0.2, 0.25) is 0 Å². The van der Waals surface area contributed by atoms with Crippen LogP contribution in [-0.2, 0) is 14.1 Å². The molecule has 0 radical (unpaired) electrons. The third-order valence-electron chi connectivity index (χ3n) is 5.39. The highest BCUT2D eigenvalue weighted by atomic mass is 35.5. The number of aromatic nitrogens is 2. The van der Waals surface area contributed by atoms with Crippen molar-refractivity contribution < 1.29 is 0 Å². The molecule has 0 saturated carbocycles. The standard InChI is InChI=1S/C24H20Cl2N4O/c1-28(2)13-15(12-27)14-5-8-22-18(9-14)19-11-20(17-7-6-16(25)10-21(17)26)24(31)30(4)23(19)29(22)3/h5-11,13H,1-4H3. The molecule has 0 saturated heterocycles. The van der Waals surface area contributed by atoms with E-state index >= 15 is 0 Å². The van der Waals surface area contributed by atoms with E-state index in [2.05, 4.69) is 6.07 Å². The van der Waals surface area contributed by atoms with Crippen LogP contribution in [0.15, 0.2) is 53.5 Å². The quantitative estimate of drug-likeness (QED) is 0.391. The van der Waals surface area contributed by atoms with Gasteiger partial charge in [0.15, 0.2) is 0 Å². The molecule has 0 unspecified atom stereocenters. The predicted octanol–water partition coefficient (Wildman–Crippen LogP) is 5.43. The van der Waals surface area contributed by atoms with Gasteiger partial charge in [-0.2, -0.15) is 5.26 Å². The molecule has 0 N–H and O–H groups in total. The lowest BCUT2D eigenvalue weighted by Gasteiger charge is -2.09. The highest BCUT2D eigenvalue weighted by molar-refractivity contribution is 6.36. The van der Waals surface area contributed by atoms with E-state index in [1.165, 1.54) is 0 Å². The number of benzene rings is 2. The van der Waals surface area contributed by atoms with E-state index in [1.54, 1.807) is 36.0 Å². The molecule has 0 fully saturated rings. The zero-order valence-electron chi connectivity index (χ0n) is 17.6. The Morgan fingerprint density at radius 3 is 2.39 bits per heavy atom. The van der Waals surface area contributed by atoms with Gasteiger partial charge in [-0.25, -0.2) is 0 Å². The molecule has 4 rings (SSSR count). The minimum atomic E-state index is -0.145. The number of hydrogen-bond donors (Lipinski definition) is 0. The van der Waals surface area contributed by atoms with Crippen LogP contribution >= 0.6 is 23.2 Å². The summed E-state index contributed by atoms with van der Waals surface area (Å²) in [6.07, 6.45) is 1.79. The van der Waals surface area contributed by atoms with Crippen LogP contribution in [0.1, 0.15) is 5.56 Å². The smallest absolute Gasteiger partial charge is 0.259 e. The molecule has 2 aromatic heterocycles. The summed E-state index contributed by atoms with van der Waals surface area (Å²) in [6.45, 7) is 0. The van der Waals surface area contributed by atoms with Crippen molar-refractivity contribution in [1.29, 1.82) is 5.26 Å². The maximum absolute atomic E-state index is 13.2. The summed E-state index contributed by atoms with van der Waals surface area (Å²) >= 11 is 12.5. The van der Waals surface area contributed by atoms with Gasteiger partial charge >= 0.3 is 0 Å². The maximum atomic E-state index is 13.2. The number of nitriles is 1. The lowest BCUT2D eigenvalue weighted by molar-refractivity contribution is 0.566. The van der Waals surface area contributed by atoms with E-state index in [-0.39, 0.29) is 5.56 Å². The molecule has 5 nitrogen and oxygen atoms in total. The first-order valence-electron chi connectivity index (χ1n) is 9.59. The van der Waals surface area contributed by atoms with Gasteiger partial charge in [0.1, 0.15) is 11.7 Å². The third kappa shape index (κ3) is 3.48. The molecular formula is C24H20Cl2N4O. The lowest BCUT2D eigenvalue weighted by Crippen LogP contribution is -2.20. The van der Waals surface area contributed by atoms with Gasteiger partial charge < -0.3 is 9.47 Å². The van der Waals surface area contributed by atoms with Crippen molar-refractivity contribution in [2.75, 3.05) is 14.1 Å². The highest BCUT2D eigenvalue weighted by Gasteiger charge is 2.18. The summed E-state index contributed by atoms with van der Waals surface area (Å²) in [5.74, 6) is 0. The van der Waals surface area contributed by atoms with Crippen molar-refractivity contribution in [2.45, 2.75) is 0 Å². The highest BCUT2D eigenvalue weighted by Crippen LogP contribution is 2.34. The van der Waals surface area contributed by atoms with Crippen LogP contribution in [-0.4, -0.2) is 28.1 Å². The average molecular weight is 451 g/mol. The molecule has 4 aromatic rings. The number of fused-ring (bicyclic) bond motifs is 3. The fourth-order valence-corrected chi connectivity index (χ4v) is 4.50. The average Bonchev–Trinajstić information content (AvgIpc) is 3.00. The summed E-state index contributed by atoms with van der Waals surface area (Å²) in [5, 5.41) is 12.4. The first-order valence-corrected chi connectivity index (χ1v) is 10.3. The number of halogens is 2. The molecule has 7 heteroatoms. The number of aryl methyl sites for hydroxylation is 2. The molecule has 2 aromatic carbocycles. The van der Waals surface area contributed by atoms with E-state index in [1.807, 2.05) is 54.9 Å². The van der Waals surface area contributed by atoms with Gasteiger partial charge in [0.05, 0.1) is 16.1 Å². The molecule has 0 spiro atoms. The Labute approximate surface area is 189 Å². The summed E-state index contributed by atoms with van der Waals surface area (Å²) in [4.78, 5) is 15.0. The second-order valence-corrected chi connectivity index (χ2v) is 8.54. The number of rotatable bonds is 3. The molecule has 31 heavy (non-hydrogen) atoms. The predicted molar refractivity (Wildman–Crippen MR) is 128 cm³/mol. The third-order valence-corrected chi connectivity index (χ3v) is 5.94. The molecule has 0 aliphatic heterocycles. The number of allylic oxidation sites excluding steroid dienone is 1. The second-order valence-electron chi connectivity index (χ2n) is 7.69. The SMILES string of the molecule is CN(C)C=C(C#N)c1ccc2c(c1)c1cc(-c3ccc(Cl)cc3Cl)c(=O)n(C)c1n2C. The molecule has 0 aliphatic carbocycles. The van der Waals surface area contributed by atoms with Crippen LogP contribution in [0, 0.1) is 11.3 Å². The Morgan fingerprint density at radius 1 is 1.00 bits per heavy atom. The van der Waals surface area contributed by atoms with Crippen LogP contribution in [0.5, 0.6) is 0 Å². The molecule has 0 aliphatic rings. The molecule has 0 amide bonds. The molecular weight excluding hydrogens is 431 g/mol. The van der Waals surface area contributed by atoms with E-state index in [0.717, 1.165) is 27.5 Å². The second kappa shape index (κ2) is 7.81. The molecule has 156 valence electrons. The Balaban J connectivity index is 2.08. The first kappa shape index (κ1) is 21.0. The summed E-state index contributed by atoms with van der Waals surface area (Å²) in [5.41, 5.74) is 4.13.